The van der Waals surface area contributed by atoms with E-state index in [1.165, 1.54) is 23.2 Å². The summed E-state index contributed by atoms with van der Waals surface area (Å²) in [5.41, 5.74) is 3.28. The van der Waals surface area contributed by atoms with Crippen LogP contribution in [-0.4, -0.2) is 20.7 Å². The molecule has 1 aromatic carbocycles. The normalized spacial score (nSPS) is 13.0. The predicted molar refractivity (Wildman–Crippen MR) is 89.9 cm³/mol. The highest BCUT2D eigenvalue weighted by molar-refractivity contribution is 7.14. The topological polar surface area (TPSA) is 59.8 Å². The average molecular weight is 324 g/mol. The van der Waals surface area contributed by atoms with E-state index in [-0.39, 0.29) is 5.91 Å². The molecule has 0 unspecified atom stereocenters. The Hall–Kier alpha value is -2.47. The Balaban J connectivity index is 1.42. The first kappa shape index (κ1) is 14.1. The van der Waals surface area contributed by atoms with Gasteiger partial charge in [-0.1, -0.05) is 12.1 Å². The van der Waals surface area contributed by atoms with Crippen LogP contribution in [0.15, 0.2) is 43.0 Å². The highest BCUT2D eigenvalue weighted by atomic mass is 32.1. The van der Waals surface area contributed by atoms with Crippen molar-refractivity contribution in [1.82, 2.24) is 14.8 Å². The van der Waals surface area contributed by atoms with Gasteiger partial charge in [-0.15, -0.1) is 11.3 Å². The van der Waals surface area contributed by atoms with Crippen LogP contribution in [0.4, 0.5) is 5.69 Å². The van der Waals surface area contributed by atoms with Gasteiger partial charge in [0.25, 0.3) is 5.91 Å². The Kier molecular flexibility index (Phi) is 3.67. The number of carbonyl (C=O) groups excluding carboxylic acids is 1. The van der Waals surface area contributed by atoms with Crippen molar-refractivity contribution in [3.63, 3.8) is 0 Å². The number of aromatic nitrogens is 3. The molecule has 2 aromatic heterocycles. The van der Waals surface area contributed by atoms with E-state index in [2.05, 4.69) is 15.4 Å². The number of aryl methyl sites for hydroxylation is 2. The minimum atomic E-state index is -0.0200. The summed E-state index contributed by atoms with van der Waals surface area (Å²) in [5.74, 6) is -0.0200. The summed E-state index contributed by atoms with van der Waals surface area (Å²) in [6, 6.07) is 9.87. The fourth-order valence-corrected chi connectivity index (χ4v) is 3.98. The molecule has 23 heavy (non-hydrogen) atoms. The summed E-state index contributed by atoms with van der Waals surface area (Å²) in [6.45, 7) is 0.672. The predicted octanol–water partition coefficient (Wildman–Crippen LogP) is 3.13. The average Bonchev–Trinajstić information content (AvgIpc) is 3.25. The van der Waals surface area contributed by atoms with Gasteiger partial charge in [-0.05, 0) is 48.6 Å². The summed E-state index contributed by atoms with van der Waals surface area (Å²) in [7, 11) is 0. The molecular weight excluding hydrogens is 308 g/mol. The number of carbonyl (C=O) groups is 1. The monoisotopic (exact) mass is 324 g/mol. The number of benzene rings is 1. The first-order chi connectivity index (χ1) is 11.3. The van der Waals surface area contributed by atoms with Crippen LogP contribution in [-0.2, 0) is 19.4 Å². The van der Waals surface area contributed by atoms with Crippen LogP contribution in [0, 0.1) is 0 Å². The third-order valence-corrected chi connectivity index (χ3v) is 5.23. The Labute approximate surface area is 138 Å². The van der Waals surface area contributed by atoms with Crippen molar-refractivity contribution in [2.24, 2.45) is 0 Å². The van der Waals surface area contributed by atoms with Gasteiger partial charge in [0.15, 0.2) is 0 Å². The minimum absolute atomic E-state index is 0.0200. The number of anilines is 1. The minimum Gasteiger partial charge on any atom is -0.321 e. The lowest BCUT2D eigenvalue weighted by Crippen LogP contribution is -2.10. The van der Waals surface area contributed by atoms with Crippen molar-refractivity contribution in [2.45, 2.75) is 25.8 Å². The molecule has 4 rings (SSSR count). The molecule has 0 fully saturated rings. The number of amides is 1. The van der Waals surface area contributed by atoms with E-state index < -0.39 is 0 Å². The molecule has 2 heterocycles. The zero-order valence-corrected chi connectivity index (χ0v) is 13.3. The Morgan fingerprint density at radius 2 is 2.13 bits per heavy atom. The maximum atomic E-state index is 12.3. The summed E-state index contributed by atoms with van der Waals surface area (Å²) in [4.78, 5) is 18.4. The first-order valence-electron chi connectivity index (χ1n) is 7.62. The molecule has 5 nitrogen and oxygen atoms in total. The van der Waals surface area contributed by atoms with Gasteiger partial charge in [-0.3, -0.25) is 4.79 Å². The van der Waals surface area contributed by atoms with Crippen molar-refractivity contribution >= 4 is 22.9 Å². The van der Waals surface area contributed by atoms with Crippen molar-refractivity contribution in [3.8, 4) is 0 Å². The largest absolute Gasteiger partial charge is 0.321 e. The van der Waals surface area contributed by atoms with E-state index in [4.69, 9.17) is 0 Å². The van der Waals surface area contributed by atoms with Crippen molar-refractivity contribution < 1.29 is 4.79 Å². The van der Waals surface area contributed by atoms with E-state index in [1.807, 2.05) is 30.3 Å². The lowest BCUT2D eigenvalue weighted by molar-refractivity contribution is 0.103. The van der Waals surface area contributed by atoms with Gasteiger partial charge in [-0.2, -0.15) is 5.10 Å². The van der Waals surface area contributed by atoms with Gasteiger partial charge in [0.2, 0.25) is 0 Å². The molecule has 116 valence electrons. The van der Waals surface area contributed by atoms with E-state index >= 15 is 0 Å². The molecule has 0 spiro atoms. The van der Waals surface area contributed by atoms with Gasteiger partial charge in [0.1, 0.15) is 12.7 Å². The van der Waals surface area contributed by atoms with E-state index in [0.29, 0.717) is 6.54 Å². The van der Waals surface area contributed by atoms with Crippen LogP contribution in [0.3, 0.4) is 0 Å². The zero-order chi connectivity index (χ0) is 15.6. The second-order valence-corrected chi connectivity index (χ2v) is 6.79. The van der Waals surface area contributed by atoms with E-state index in [1.54, 1.807) is 22.3 Å². The van der Waals surface area contributed by atoms with Crippen molar-refractivity contribution in [3.05, 3.63) is 63.9 Å². The third kappa shape index (κ3) is 3.03. The zero-order valence-electron chi connectivity index (χ0n) is 12.5. The molecule has 0 aliphatic heterocycles. The van der Waals surface area contributed by atoms with Crippen LogP contribution in [0.25, 0.3) is 0 Å². The number of rotatable bonds is 4. The number of nitrogens with zero attached hydrogens (tertiary/aromatic N) is 3. The van der Waals surface area contributed by atoms with Gasteiger partial charge in [0.05, 0.1) is 11.4 Å². The molecule has 1 aliphatic carbocycles. The van der Waals surface area contributed by atoms with E-state index in [9.17, 15) is 4.79 Å². The first-order valence-corrected chi connectivity index (χ1v) is 8.44. The molecule has 1 aliphatic rings. The number of hydrogen-bond donors (Lipinski definition) is 1. The van der Waals surface area contributed by atoms with Gasteiger partial charge in [-0.25, -0.2) is 9.67 Å². The standard InChI is InChI=1S/C17H16N4OS/c22-17(16-8-13-2-1-3-15(13)23-16)20-14-6-4-12(5-7-14)9-21-11-18-10-19-21/h4-8,10-11H,1-3,9H2,(H,20,22). The summed E-state index contributed by atoms with van der Waals surface area (Å²) in [6.07, 6.45) is 6.65. The van der Waals surface area contributed by atoms with Gasteiger partial charge in [0, 0.05) is 10.6 Å². The summed E-state index contributed by atoms with van der Waals surface area (Å²) < 4.78 is 1.76. The fraction of sp³-hybridized carbons (Fsp3) is 0.235. The molecule has 1 N–H and O–H groups in total. The number of nitrogens with one attached hydrogen (secondary N) is 1. The van der Waals surface area contributed by atoms with Crippen LogP contribution < -0.4 is 5.32 Å². The number of hydrogen-bond acceptors (Lipinski definition) is 4. The SMILES string of the molecule is O=C(Nc1ccc(Cn2cncn2)cc1)c1cc2c(s1)CCC2. The molecule has 0 atom stereocenters. The molecule has 1 amide bonds. The summed E-state index contributed by atoms with van der Waals surface area (Å²) >= 11 is 1.62. The highest BCUT2D eigenvalue weighted by Crippen LogP contribution is 2.31. The Morgan fingerprint density at radius 1 is 1.26 bits per heavy atom. The molecular formula is C17H16N4OS. The molecule has 6 heteroatoms. The van der Waals surface area contributed by atoms with E-state index in [0.717, 1.165) is 29.0 Å². The Bertz CT molecular complexity index is 799. The summed E-state index contributed by atoms with van der Waals surface area (Å²) in [5, 5.41) is 7.05. The van der Waals surface area contributed by atoms with Crippen molar-refractivity contribution in [1.29, 1.82) is 0 Å². The third-order valence-electron chi connectivity index (χ3n) is 3.99. The number of fused-ring (bicyclic) bond motifs is 1. The second kappa shape index (κ2) is 5.96. The maximum absolute atomic E-state index is 12.3. The lowest BCUT2D eigenvalue weighted by Gasteiger charge is -2.06. The van der Waals surface area contributed by atoms with Crippen LogP contribution in [0.5, 0.6) is 0 Å². The molecule has 0 bridgehead atoms. The molecule has 0 saturated carbocycles. The Morgan fingerprint density at radius 3 is 2.87 bits per heavy atom. The van der Waals surface area contributed by atoms with Crippen molar-refractivity contribution in [2.75, 3.05) is 5.32 Å². The quantitative estimate of drug-likeness (QED) is 0.802. The molecule has 0 saturated heterocycles. The fourth-order valence-electron chi connectivity index (χ4n) is 2.83. The van der Waals surface area contributed by atoms with Crippen LogP contribution in [0.2, 0.25) is 0 Å². The molecule has 0 radical (unpaired) electrons. The van der Waals surface area contributed by atoms with Crippen LogP contribution >= 0.6 is 11.3 Å². The number of thiophene rings is 1. The second-order valence-electron chi connectivity index (χ2n) is 5.66. The molecule has 3 aromatic rings. The van der Waals surface area contributed by atoms with Gasteiger partial charge < -0.3 is 5.32 Å². The maximum Gasteiger partial charge on any atom is 0.265 e. The highest BCUT2D eigenvalue weighted by Gasteiger charge is 2.18. The smallest absolute Gasteiger partial charge is 0.265 e. The van der Waals surface area contributed by atoms with Crippen LogP contribution in [0.1, 0.15) is 32.1 Å². The lowest BCUT2D eigenvalue weighted by atomic mass is 10.2. The van der Waals surface area contributed by atoms with Gasteiger partial charge >= 0.3 is 0 Å².